The molecule has 3 rings (SSSR count). The number of hydrogen-bond acceptors (Lipinski definition) is 2. The van der Waals surface area contributed by atoms with Crippen molar-refractivity contribution in [3.8, 4) is 0 Å². The summed E-state index contributed by atoms with van der Waals surface area (Å²) in [7, 11) is 0. The first-order valence-electron chi connectivity index (χ1n) is 5.08. The van der Waals surface area contributed by atoms with Crippen molar-refractivity contribution in [2.24, 2.45) is 0 Å². The quantitative estimate of drug-likeness (QED) is 0.646. The van der Waals surface area contributed by atoms with Crippen LogP contribution in [-0.4, -0.2) is 14.5 Å². The Bertz CT molecular complexity index is 576. The van der Waals surface area contributed by atoms with Crippen molar-refractivity contribution in [3.05, 3.63) is 23.5 Å². The van der Waals surface area contributed by atoms with Crippen LogP contribution in [0.3, 0.4) is 0 Å². The van der Waals surface area contributed by atoms with Gasteiger partial charge in [-0.3, -0.25) is 0 Å². The Labute approximate surface area is 88.9 Å². The maximum absolute atomic E-state index is 13.5. The summed E-state index contributed by atoms with van der Waals surface area (Å²) in [5.41, 5.74) is -0.268. The van der Waals surface area contributed by atoms with Crippen LogP contribution in [0.2, 0.25) is 0 Å². The second kappa shape index (κ2) is 3.20. The Balaban J connectivity index is 2.43. The average Bonchev–Trinajstić information content (AvgIpc) is 2.66. The monoisotopic (exact) mass is 227 g/mol. The molecule has 0 N–H and O–H groups in total. The zero-order valence-electron chi connectivity index (χ0n) is 8.30. The highest BCUT2D eigenvalue weighted by molar-refractivity contribution is 5.76. The second-order valence-corrected chi connectivity index (χ2v) is 3.84. The standard InChI is InChI=1S/C10H8F3N3/c11-6-8-7(10(13)15-9(6)12)14-5-3-1-2-4-16(5)8/h1-4H2. The first-order valence-corrected chi connectivity index (χ1v) is 5.08. The summed E-state index contributed by atoms with van der Waals surface area (Å²) >= 11 is 0. The van der Waals surface area contributed by atoms with Gasteiger partial charge in [-0.05, 0) is 12.8 Å². The van der Waals surface area contributed by atoms with Crippen molar-refractivity contribution >= 4 is 11.0 Å². The Kier molecular flexibility index (Phi) is 1.92. The van der Waals surface area contributed by atoms with Gasteiger partial charge in [0.15, 0.2) is 0 Å². The summed E-state index contributed by atoms with van der Waals surface area (Å²) in [4.78, 5) is 6.83. The Morgan fingerprint density at radius 3 is 2.62 bits per heavy atom. The van der Waals surface area contributed by atoms with Gasteiger partial charge < -0.3 is 4.57 Å². The van der Waals surface area contributed by atoms with E-state index in [1.807, 2.05) is 0 Å². The molecule has 0 spiro atoms. The molecule has 0 fully saturated rings. The molecule has 2 aromatic rings. The number of fused-ring (bicyclic) bond motifs is 3. The van der Waals surface area contributed by atoms with Crippen molar-refractivity contribution < 1.29 is 13.2 Å². The number of aryl methyl sites for hydroxylation is 2. The van der Waals surface area contributed by atoms with Gasteiger partial charge in [0.05, 0.1) is 0 Å². The molecule has 0 saturated heterocycles. The van der Waals surface area contributed by atoms with E-state index in [2.05, 4.69) is 9.97 Å². The lowest BCUT2D eigenvalue weighted by Crippen LogP contribution is -2.11. The van der Waals surface area contributed by atoms with Gasteiger partial charge in [-0.2, -0.15) is 18.2 Å². The summed E-state index contributed by atoms with van der Waals surface area (Å²) in [6.07, 6.45) is 2.46. The van der Waals surface area contributed by atoms with Crippen molar-refractivity contribution in [1.29, 1.82) is 0 Å². The summed E-state index contributed by atoms with van der Waals surface area (Å²) < 4.78 is 41.4. The van der Waals surface area contributed by atoms with Gasteiger partial charge in [0.2, 0.25) is 11.8 Å². The number of hydrogen-bond donors (Lipinski definition) is 0. The molecule has 1 aliphatic rings. The van der Waals surface area contributed by atoms with Crippen molar-refractivity contribution in [1.82, 2.24) is 14.5 Å². The molecular formula is C10H8F3N3. The minimum atomic E-state index is -1.40. The number of rotatable bonds is 0. The molecule has 2 aromatic heterocycles. The van der Waals surface area contributed by atoms with E-state index >= 15 is 0 Å². The smallest absolute Gasteiger partial charge is 0.253 e. The predicted octanol–water partition coefficient (Wildman–Crippen LogP) is 2.18. The Morgan fingerprint density at radius 2 is 1.81 bits per heavy atom. The van der Waals surface area contributed by atoms with Crippen LogP contribution in [0, 0.1) is 17.7 Å². The van der Waals surface area contributed by atoms with Crippen LogP contribution in [0.1, 0.15) is 18.7 Å². The molecular weight excluding hydrogens is 219 g/mol. The predicted molar refractivity (Wildman–Crippen MR) is 50.3 cm³/mol. The highest BCUT2D eigenvalue weighted by atomic mass is 19.2. The average molecular weight is 227 g/mol. The molecule has 0 unspecified atom stereocenters. The van der Waals surface area contributed by atoms with E-state index in [1.54, 1.807) is 4.57 Å². The van der Waals surface area contributed by atoms with Gasteiger partial charge in [0, 0.05) is 13.0 Å². The minimum Gasteiger partial charge on any atom is -0.325 e. The van der Waals surface area contributed by atoms with E-state index in [-0.39, 0.29) is 11.0 Å². The minimum absolute atomic E-state index is 0.0975. The van der Waals surface area contributed by atoms with E-state index < -0.39 is 17.7 Å². The lowest BCUT2D eigenvalue weighted by atomic mass is 10.2. The maximum atomic E-state index is 13.5. The van der Waals surface area contributed by atoms with Crippen LogP contribution < -0.4 is 0 Å². The zero-order valence-corrected chi connectivity index (χ0v) is 8.30. The van der Waals surface area contributed by atoms with Crippen molar-refractivity contribution in [3.63, 3.8) is 0 Å². The Hall–Kier alpha value is -1.59. The molecule has 0 bridgehead atoms. The lowest BCUT2D eigenvalue weighted by Gasteiger charge is -2.13. The van der Waals surface area contributed by atoms with E-state index in [4.69, 9.17) is 0 Å². The van der Waals surface area contributed by atoms with E-state index in [1.165, 1.54) is 0 Å². The number of imidazole rings is 1. The van der Waals surface area contributed by atoms with Crippen LogP contribution >= 0.6 is 0 Å². The molecule has 6 heteroatoms. The third-order valence-corrected chi connectivity index (χ3v) is 2.86. The number of nitrogens with zero attached hydrogens (tertiary/aromatic N) is 3. The third-order valence-electron chi connectivity index (χ3n) is 2.86. The van der Waals surface area contributed by atoms with Crippen LogP contribution in [0.5, 0.6) is 0 Å². The first-order chi connectivity index (χ1) is 7.68. The van der Waals surface area contributed by atoms with Gasteiger partial charge in [-0.1, -0.05) is 0 Å². The fraction of sp³-hybridized carbons (Fsp3) is 0.400. The second-order valence-electron chi connectivity index (χ2n) is 3.84. The van der Waals surface area contributed by atoms with Gasteiger partial charge >= 0.3 is 0 Å². The summed E-state index contributed by atoms with van der Waals surface area (Å²) in [6.45, 7) is 0.547. The summed E-state index contributed by atoms with van der Waals surface area (Å²) in [5.74, 6) is -2.96. The van der Waals surface area contributed by atoms with E-state index in [9.17, 15) is 13.2 Å². The zero-order chi connectivity index (χ0) is 11.3. The fourth-order valence-electron chi connectivity index (χ4n) is 2.14. The molecule has 84 valence electrons. The molecule has 0 amide bonds. The normalized spacial score (nSPS) is 15.4. The van der Waals surface area contributed by atoms with Gasteiger partial charge in [-0.25, -0.2) is 4.98 Å². The van der Waals surface area contributed by atoms with Gasteiger partial charge in [-0.15, -0.1) is 0 Å². The first kappa shape index (κ1) is 9.62. The molecule has 3 nitrogen and oxygen atoms in total. The SMILES string of the molecule is Fc1nc(F)c2nc3n(c2c1F)CCCC3. The molecule has 0 aliphatic carbocycles. The molecule has 3 heterocycles. The lowest BCUT2D eigenvalue weighted by molar-refractivity contribution is 0.452. The van der Waals surface area contributed by atoms with Gasteiger partial charge in [0.1, 0.15) is 16.9 Å². The summed E-state index contributed by atoms with van der Waals surface area (Å²) in [6, 6.07) is 0. The van der Waals surface area contributed by atoms with Crippen molar-refractivity contribution in [2.45, 2.75) is 25.8 Å². The third kappa shape index (κ3) is 1.15. The Morgan fingerprint density at radius 1 is 1.00 bits per heavy atom. The molecule has 0 aromatic carbocycles. The highest BCUT2D eigenvalue weighted by Gasteiger charge is 2.23. The number of pyridine rings is 1. The number of halogens is 3. The molecule has 0 saturated carbocycles. The fourth-order valence-corrected chi connectivity index (χ4v) is 2.14. The van der Waals surface area contributed by atoms with E-state index in [0.29, 0.717) is 18.8 Å². The molecule has 0 radical (unpaired) electrons. The molecule has 1 aliphatic heterocycles. The van der Waals surface area contributed by atoms with Crippen LogP contribution in [-0.2, 0) is 13.0 Å². The largest absolute Gasteiger partial charge is 0.325 e. The van der Waals surface area contributed by atoms with Crippen LogP contribution in [0.15, 0.2) is 0 Å². The highest BCUT2D eigenvalue weighted by Crippen LogP contribution is 2.26. The topological polar surface area (TPSA) is 30.7 Å². The van der Waals surface area contributed by atoms with E-state index in [0.717, 1.165) is 12.8 Å². The molecule has 16 heavy (non-hydrogen) atoms. The van der Waals surface area contributed by atoms with Gasteiger partial charge in [0.25, 0.3) is 5.95 Å². The summed E-state index contributed by atoms with van der Waals surface area (Å²) in [5, 5.41) is 0. The maximum Gasteiger partial charge on any atom is 0.253 e. The van der Waals surface area contributed by atoms with Crippen LogP contribution in [0.25, 0.3) is 11.0 Å². The van der Waals surface area contributed by atoms with Crippen molar-refractivity contribution in [2.75, 3.05) is 0 Å². The molecule has 0 atom stereocenters. The number of aromatic nitrogens is 3. The van der Waals surface area contributed by atoms with Crippen LogP contribution in [0.4, 0.5) is 13.2 Å².